The third-order valence-electron chi connectivity index (χ3n) is 3.56. The molecular weight excluding hydrogens is 356 g/mol. The Balaban J connectivity index is 2.37. The van der Waals surface area contributed by atoms with E-state index in [9.17, 15) is 20.4 Å². The maximum atomic E-state index is 10.5. The van der Waals surface area contributed by atoms with Crippen molar-refractivity contribution < 1.29 is 25.5 Å². The Morgan fingerprint density at radius 3 is 2.54 bits per heavy atom. The summed E-state index contributed by atoms with van der Waals surface area (Å²) in [6.45, 7) is 1.14. The van der Waals surface area contributed by atoms with Crippen LogP contribution in [-0.4, -0.2) is 81.8 Å². The highest BCUT2D eigenvalue weighted by atomic mass is 32.2. The first-order chi connectivity index (χ1) is 11.4. The number of nitrogens with one attached hydrogen (secondary N) is 1. The number of aromatic nitrogens is 4. The average Bonchev–Trinajstić information content (AvgIpc) is 3.02. The molecule has 0 unspecified atom stereocenters. The van der Waals surface area contributed by atoms with E-state index in [1.807, 2.05) is 6.92 Å². The molecular formula is C13H20N4O5S2. The smallest absolute Gasteiger partial charge is 0.157 e. The van der Waals surface area contributed by atoms with Gasteiger partial charge in [-0.2, -0.15) is 0 Å². The zero-order chi connectivity index (χ0) is 17.9. The minimum Gasteiger partial charge on any atom is -0.394 e. The van der Waals surface area contributed by atoms with Crippen molar-refractivity contribution in [1.82, 2.24) is 19.5 Å². The third-order valence-corrected chi connectivity index (χ3v) is 5.04. The molecule has 11 heteroatoms. The first kappa shape index (κ1) is 19.2. The van der Waals surface area contributed by atoms with E-state index in [0.29, 0.717) is 21.6 Å². The fraction of sp³-hybridized carbons (Fsp3) is 0.615. The number of rotatable bonds is 8. The van der Waals surface area contributed by atoms with Gasteiger partial charge in [-0.25, -0.2) is 9.97 Å². The SMILES string of the molecule is CCS[C@@H]([C@@H](O)[C@H](O)[C@H](O)[C@H](O)CO)n1cnc2c(=S)nc[nH]c21. The van der Waals surface area contributed by atoms with E-state index in [0.717, 1.165) is 0 Å². The van der Waals surface area contributed by atoms with Gasteiger partial charge in [0.05, 0.1) is 19.3 Å². The number of hydrogen-bond acceptors (Lipinski definition) is 9. The van der Waals surface area contributed by atoms with Crippen molar-refractivity contribution >= 4 is 35.1 Å². The summed E-state index contributed by atoms with van der Waals surface area (Å²) in [5.74, 6) is 0.610. The van der Waals surface area contributed by atoms with Crippen LogP contribution in [0.25, 0.3) is 11.2 Å². The van der Waals surface area contributed by atoms with Crippen LogP contribution in [0.4, 0.5) is 0 Å². The van der Waals surface area contributed by atoms with Crippen LogP contribution in [-0.2, 0) is 0 Å². The number of thioether (sulfide) groups is 1. The van der Waals surface area contributed by atoms with E-state index in [2.05, 4.69) is 15.0 Å². The van der Waals surface area contributed by atoms with E-state index >= 15 is 0 Å². The number of H-pyrrole nitrogens is 1. The van der Waals surface area contributed by atoms with Gasteiger partial charge in [0.2, 0.25) is 0 Å². The van der Waals surface area contributed by atoms with Crippen LogP contribution in [0.3, 0.4) is 0 Å². The molecule has 0 aromatic carbocycles. The Kier molecular flexibility index (Phi) is 6.69. The standard InChI is InChI=1S/C13H20N4O5S2/c1-2-24-13(10(22)9(21)8(20)6(19)3-18)17-5-16-7-11(17)14-4-15-12(7)23/h4-6,8-10,13,18-22H,2-3H2,1H3,(H,14,15,23)/t6-,8-,9-,10+,13+/m1/s1. The topological polar surface area (TPSA) is 148 Å². The molecule has 0 fully saturated rings. The van der Waals surface area contributed by atoms with Gasteiger partial charge in [0.25, 0.3) is 0 Å². The molecule has 0 aliphatic heterocycles. The van der Waals surface area contributed by atoms with Crippen molar-refractivity contribution in [3.63, 3.8) is 0 Å². The number of fused-ring (bicyclic) bond motifs is 1. The van der Waals surface area contributed by atoms with Gasteiger partial charge < -0.3 is 35.1 Å². The highest BCUT2D eigenvalue weighted by Gasteiger charge is 2.36. The molecule has 0 amide bonds. The summed E-state index contributed by atoms with van der Waals surface area (Å²) in [4.78, 5) is 11.0. The Bertz CT molecular complexity index is 724. The average molecular weight is 376 g/mol. The number of aliphatic hydroxyl groups is 5. The Morgan fingerprint density at radius 2 is 1.92 bits per heavy atom. The molecule has 5 atom stereocenters. The highest BCUT2D eigenvalue weighted by Crippen LogP contribution is 2.31. The van der Waals surface area contributed by atoms with E-state index < -0.39 is 36.4 Å². The second-order valence-electron chi connectivity index (χ2n) is 5.12. The first-order valence-corrected chi connectivity index (χ1v) is 8.73. The molecule has 9 nitrogen and oxygen atoms in total. The van der Waals surface area contributed by atoms with Crippen molar-refractivity contribution in [1.29, 1.82) is 0 Å². The lowest BCUT2D eigenvalue weighted by molar-refractivity contribution is -0.118. The number of aliphatic hydroxyl groups excluding tert-OH is 5. The Labute approximate surface area is 147 Å². The van der Waals surface area contributed by atoms with Crippen LogP contribution < -0.4 is 0 Å². The summed E-state index contributed by atoms with van der Waals surface area (Å²) in [6.07, 6.45) is -3.49. The summed E-state index contributed by atoms with van der Waals surface area (Å²) in [7, 11) is 0. The van der Waals surface area contributed by atoms with Crippen molar-refractivity contribution in [2.45, 2.75) is 36.7 Å². The molecule has 2 rings (SSSR count). The van der Waals surface area contributed by atoms with Crippen molar-refractivity contribution in [2.75, 3.05) is 12.4 Å². The predicted octanol–water partition coefficient (Wildman–Crippen LogP) is -0.824. The Hall–Kier alpha value is -1.08. The molecule has 0 radical (unpaired) electrons. The third kappa shape index (κ3) is 3.77. The molecule has 2 aromatic heterocycles. The van der Waals surface area contributed by atoms with Gasteiger partial charge in [-0.15, -0.1) is 11.8 Å². The van der Waals surface area contributed by atoms with E-state index in [-0.39, 0.29) is 0 Å². The first-order valence-electron chi connectivity index (χ1n) is 7.27. The molecule has 6 N–H and O–H groups in total. The summed E-state index contributed by atoms with van der Waals surface area (Å²) < 4.78 is 1.89. The van der Waals surface area contributed by atoms with Gasteiger partial charge >= 0.3 is 0 Å². The van der Waals surface area contributed by atoms with E-state index in [1.54, 1.807) is 4.57 Å². The van der Waals surface area contributed by atoms with Gasteiger partial charge in [-0.1, -0.05) is 19.1 Å². The zero-order valence-electron chi connectivity index (χ0n) is 12.8. The van der Waals surface area contributed by atoms with Crippen molar-refractivity contribution in [3.05, 3.63) is 17.3 Å². The fourth-order valence-electron chi connectivity index (χ4n) is 2.29. The molecule has 2 aromatic rings. The van der Waals surface area contributed by atoms with Crippen LogP contribution >= 0.6 is 24.0 Å². The van der Waals surface area contributed by atoms with Gasteiger partial charge in [0.15, 0.2) is 4.64 Å². The normalized spacial score (nSPS) is 18.2. The van der Waals surface area contributed by atoms with Crippen LogP contribution in [0.2, 0.25) is 0 Å². The molecule has 0 bridgehead atoms. The largest absolute Gasteiger partial charge is 0.394 e. The highest BCUT2D eigenvalue weighted by molar-refractivity contribution is 7.99. The zero-order valence-corrected chi connectivity index (χ0v) is 14.5. The summed E-state index contributed by atoms with van der Waals surface area (Å²) in [6, 6.07) is 0. The number of imidazole rings is 1. The minimum absolute atomic E-state index is 0.300. The molecule has 0 aliphatic carbocycles. The second-order valence-corrected chi connectivity index (χ2v) is 6.90. The lowest BCUT2D eigenvalue weighted by Gasteiger charge is -2.31. The van der Waals surface area contributed by atoms with Crippen LogP contribution in [0.5, 0.6) is 0 Å². The van der Waals surface area contributed by atoms with E-state index in [4.69, 9.17) is 17.3 Å². The maximum absolute atomic E-state index is 10.5. The minimum atomic E-state index is -1.69. The van der Waals surface area contributed by atoms with Crippen LogP contribution in [0.1, 0.15) is 12.3 Å². The Morgan fingerprint density at radius 1 is 1.21 bits per heavy atom. The molecule has 0 saturated heterocycles. The molecule has 0 aliphatic rings. The summed E-state index contributed by atoms with van der Waals surface area (Å²) >= 11 is 6.41. The van der Waals surface area contributed by atoms with Gasteiger partial charge in [0.1, 0.15) is 41.0 Å². The predicted molar refractivity (Wildman–Crippen MR) is 91.0 cm³/mol. The van der Waals surface area contributed by atoms with Gasteiger partial charge in [-0.05, 0) is 5.75 Å². The monoisotopic (exact) mass is 376 g/mol. The lowest BCUT2D eigenvalue weighted by Crippen LogP contribution is -2.48. The van der Waals surface area contributed by atoms with E-state index in [1.165, 1.54) is 24.4 Å². The summed E-state index contributed by atoms with van der Waals surface area (Å²) in [5, 5.41) is 48.1. The quantitative estimate of drug-likeness (QED) is 0.325. The molecule has 134 valence electrons. The molecule has 24 heavy (non-hydrogen) atoms. The second kappa shape index (κ2) is 8.34. The van der Waals surface area contributed by atoms with Crippen LogP contribution in [0, 0.1) is 4.64 Å². The van der Waals surface area contributed by atoms with Gasteiger partial charge in [-0.3, -0.25) is 0 Å². The molecule has 0 spiro atoms. The van der Waals surface area contributed by atoms with Crippen molar-refractivity contribution in [3.8, 4) is 0 Å². The summed E-state index contributed by atoms with van der Waals surface area (Å²) in [5.41, 5.74) is 0.969. The van der Waals surface area contributed by atoms with Crippen molar-refractivity contribution in [2.24, 2.45) is 0 Å². The fourth-order valence-corrected chi connectivity index (χ4v) is 3.51. The maximum Gasteiger partial charge on any atom is 0.157 e. The van der Waals surface area contributed by atoms with Crippen LogP contribution in [0.15, 0.2) is 12.7 Å². The lowest BCUT2D eigenvalue weighted by atomic mass is 10.0. The number of aromatic amines is 1. The number of hydrogen-bond donors (Lipinski definition) is 6. The molecule has 0 saturated carbocycles. The molecule has 2 heterocycles. The van der Waals surface area contributed by atoms with Gasteiger partial charge in [0, 0.05) is 0 Å². The number of nitrogens with zero attached hydrogens (tertiary/aromatic N) is 3.